The number of alkyl halides is 1. The SMILES string of the molecule is CC(CN1C[C@@H](F)C[C@H]1CO)CS(C)(=O)=O. The van der Waals surface area contributed by atoms with Crippen molar-refractivity contribution in [2.24, 2.45) is 5.92 Å². The van der Waals surface area contributed by atoms with Gasteiger partial charge in [0.15, 0.2) is 0 Å². The Labute approximate surface area is 96.4 Å². The van der Waals surface area contributed by atoms with Gasteiger partial charge in [-0.15, -0.1) is 0 Å². The van der Waals surface area contributed by atoms with Crippen LogP contribution >= 0.6 is 0 Å². The molecule has 0 aromatic rings. The Morgan fingerprint density at radius 3 is 2.69 bits per heavy atom. The fourth-order valence-corrected chi connectivity index (χ4v) is 3.44. The van der Waals surface area contributed by atoms with Crippen molar-refractivity contribution in [2.75, 3.05) is 31.7 Å². The van der Waals surface area contributed by atoms with E-state index in [1.165, 1.54) is 6.26 Å². The molecule has 0 bridgehead atoms. The summed E-state index contributed by atoms with van der Waals surface area (Å²) in [6, 6.07) is -0.156. The molecule has 1 unspecified atom stereocenters. The van der Waals surface area contributed by atoms with Gasteiger partial charge in [-0.2, -0.15) is 0 Å². The van der Waals surface area contributed by atoms with Crippen molar-refractivity contribution in [3.8, 4) is 0 Å². The molecule has 0 amide bonds. The van der Waals surface area contributed by atoms with E-state index in [9.17, 15) is 12.8 Å². The van der Waals surface area contributed by atoms with E-state index in [1.807, 2.05) is 11.8 Å². The number of halogens is 1. The zero-order valence-corrected chi connectivity index (χ0v) is 10.6. The molecule has 16 heavy (non-hydrogen) atoms. The fraction of sp³-hybridized carbons (Fsp3) is 1.00. The Balaban J connectivity index is 2.47. The summed E-state index contributed by atoms with van der Waals surface area (Å²) in [6.07, 6.45) is 0.652. The van der Waals surface area contributed by atoms with Gasteiger partial charge >= 0.3 is 0 Å². The summed E-state index contributed by atoms with van der Waals surface area (Å²) in [6.45, 7) is 2.60. The van der Waals surface area contributed by atoms with Crippen molar-refractivity contribution >= 4 is 9.84 Å². The number of aliphatic hydroxyl groups is 1. The van der Waals surface area contributed by atoms with Gasteiger partial charge in [-0.05, 0) is 12.3 Å². The summed E-state index contributed by atoms with van der Waals surface area (Å²) in [4.78, 5) is 1.85. The number of hydrogen-bond donors (Lipinski definition) is 1. The van der Waals surface area contributed by atoms with Crippen LogP contribution in [0.1, 0.15) is 13.3 Å². The molecule has 6 heteroatoms. The van der Waals surface area contributed by atoms with E-state index in [0.29, 0.717) is 19.5 Å². The van der Waals surface area contributed by atoms with Crippen LogP contribution in [0.4, 0.5) is 4.39 Å². The first-order valence-corrected chi connectivity index (χ1v) is 7.54. The highest BCUT2D eigenvalue weighted by Gasteiger charge is 2.32. The molecule has 1 N–H and O–H groups in total. The molecule has 1 fully saturated rings. The van der Waals surface area contributed by atoms with Crippen LogP contribution in [0.2, 0.25) is 0 Å². The molecular formula is C10H20FNO3S. The van der Waals surface area contributed by atoms with Crippen LogP contribution in [0.3, 0.4) is 0 Å². The molecule has 0 aromatic heterocycles. The lowest BCUT2D eigenvalue weighted by atomic mass is 10.2. The molecule has 0 aromatic carbocycles. The highest BCUT2D eigenvalue weighted by molar-refractivity contribution is 7.90. The van der Waals surface area contributed by atoms with Crippen LogP contribution < -0.4 is 0 Å². The third-order valence-corrected chi connectivity index (χ3v) is 4.00. The van der Waals surface area contributed by atoms with Crippen LogP contribution in [0.5, 0.6) is 0 Å². The molecule has 0 aliphatic carbocycles. The molecule has 3 atom stereocenters. The second-order valence-electron chi connectivity index (χ2n) is 4.82. The first-order valence-electron chi connectivity index (χ1n) is 5.48. The van der Waals surface area contributed by atoms with E-state index in [1.54, 1.807) is 0 Å². The van der Waals surface area contributed by atoms with E-state index < -0.39 is 16.0 Å². The molecule has 1 saturated heterocycles. The summed E-state index contributed by atoms with van der Waals surface area (Å²) in [5, 5.41) is 9.07. The predicted molar refractivity (Wildman–Crippen MR) is 60.8 cm³/mol. The molecule has 1 aliphatic heterocycles. The average Bonchev–Trinajstić information content (AvgIpc) is 2.42. The Hall–Kier alpha value is -0.200. The Bertz CT molecular complexity index is 320. The van der Waals surface area contributed by atoms with Gasteiger partial charge in [0, 0.05) is 25.4 Å². The highest BCUT2D eigenvalue weighted by Crippen LogP contribution is 2.21. The smallest absolute Gasteiger partial charge is 0.147 e. The monoisotopic (exact) mass is 253 g/mol. The number of hydrogen-bond acceptors (Lipinski definition) is 4. The minimum atomic E-state index is -2.99. The second kappa shape index (κ2) is 5.42. The molecule has 0 saturated carbocycles. The van der Waals surface area contributed by atoms with Crippen LogP contribution in [0.15, 0.2) is 0 Å². The van der Waals surface area contributed by atoms with Crippen molar-refractivity contribution in [3.63, 3.8) is 0 Å². The van der Waals surface area contributed by atoms with Crippen molar-refractivity contribution in [3.05, 3.63) is 0 Å². The molecule has 4 nitrogen and oxygen atoms in total. The van der Waals surface area contributed by atoms with Gasteiger partial charge < -0.3 is 5.11 Å². The van der Waals surface area contributed by atoms with Gasteiger partial charge in [0.2, 0.25) is 0 Å². The fourth-order valence-electron chi connectivity index (χ4n) is 2.31. The van der Waals surface area contributed by atoms with E-state index >= 15 is 0 Å². The molecule has 96 valence electrons. The summed E-state index contributed by atoms with van der Waals surface area (Å²) in [5.74, 6) is 0.0767. The molecular weight excluding hydrogens is 233 g/mol. The number of sulfone groups is 1. The lowest BCUT2D eigenvalue weighted by Gasteiger charge is -2.25. The minimum Gasteiger partial charge on any atom is -0.395 e. The molecule has 0 radical (unpaired) electrons. The topological polar surface area (TPSA) is 57.6 Å². The first kappa shape index (κ1) is 13.9. The van der Waals surface area contributed by atoms with Crippen molar-refractivity contribution in [2.45, 2.75) is 25.6 Å². The van der Waals surface area contributed by atoms with E-state index in [-0.39, 0.29) is 24.3 Å². The maximum Gasteiger partial charge on any atom is 0.147 e. The number of nitrogens with zero attached hydrogens (tertiary/aromatic N) is 1. The Morgan fingerprint density at radius 2 is 2.19 bits per heavy atom. The summed E-state index contributed by atoms with van der Waals surface area (Å²) in [5.41, 5.74) is 0. The van der Waals surface area contributed by atoms with Crippen LogP contribution in [-0.2, 0) is 9.84 Å². The zero-order chi connectivity index (χ0) is 12.3. The average molecular weight is 253 g/mol. The largest absolute Gasteiger partial charge is 0.395 e. The molecule has 1 rings (SSSR count). The van der Waals surface area contributed by atoms with E-state index in [4.69, 9.17) is 5.11 Å². The first-order chi connectivity index (χ1) is 7.31. The van der Waals surface area contributed by atoms with Gasteiger partial charge in [0.25, 0.3) is 0 Å². The lowest BCUT2D eigenvalue weighted by Crippen LogP contribution is -2.37. The Morgan fingerprint density at radius 1 is 1.56 bits per heavy atom. The highest BCUT2D eigenvalue weighted by atomic mass is 32.2. The van der Waals surface area contributed by atoms with Crippen molar-refractivity contribution in [1.29, 1.82) is 0 Å². The van der Waals surface area contributed by atoms with Gasteiger partial charge in [0.1, 0.15) is 16.0 Å². The predicted octanol–water partition coefficient (Wildman–Crippen LogP) is 0.0718. The molecule has 1 aliphatic rings. The van der Waals surface area contributed by atoms with Crippen LogP contribution in [-0.4, -0.2) is 62.3 Å². The standard InChI is InChI=1S/C10H20FNO3S/c1-8(7-16(2,14)15)4-12-5-9(11)3-10(12)6-13/h8-10,13H,3-7H2,1-2H3/t8?,9-,10-/m0/s1. The number of aliphatic hydroxyl groups excluding tert-OH is 1. The third-order valence-electron chi connectivity index (χ3n) is 2.82. The summed E-state index contributed by atoms with van der Waals surface area (Å²) < 4.78 is 35.3. The van der Waals surface area contributed by atoms with Gasteiger partial charge in [-0.25, -0.2) is 12.8 Å². The number of likely N-dealkylation sites (tertiary alicyclic amines) is 1. The van der Waals surface area contributed by atoms with E-state index in [2.05, 4.69) is 0 Å². The van der Waals surface area contributed by atoms with Crippen molar-refractivity contribution < 1.29 is 17.9 Å². The maximum atomic E-state index is 13.1. The van der Waals surface area contributed by atoms with Gasteiger partial charge in [0.05, 0.1) is 12.4 Å². The lowest BCUT2D eigenvalue weighted by molar-refractivity contribution is 0.147. The van der Waals surface area contributed by atoms with E-state index in [0.717, 1.165) is 0 Å². The van der Waals surface area contributed by atoms with Crippen LogP contribution in [0.25, 0.3) is 0 Å². The maximum absolute atomic E-state index is 13.1. The number of rotatable bonds is 5. The molecule has 0 spiro atoms. The molecule has 1 heterocycles. The Kier molecular flexibility index (Phi) is 4.70. The van der Waals surface area contributed by atoms with Gasteiger partial charge in [-0.1, -0.05) is 6.92 Å². The van der Waals surface area contributed by atoms with Crippen molar-refractivity contribution in [1.82, 2.24) is 4.90 Å². The zero-order valence-electron chi connectivity index (χ0n) is 9.76. The third kappa shape index (κ3) is 4.35. The quantitative estimate of drug-likeness (QED) is 0.753. The second-order valence-corrected chi connectivity index (χ2v) is 7.01. The summed E-state index contributed by atoms with van der Waals surface area (Å²) >= 11 is 0. The minimum absolute atomic E-state index is 0.0330. The van der Waals surface area contributed by atoms with Crippen LogP contribution in [0, 0.1) is 5.92 Å². The summed E-state index contributed by atoms with van der Waals surface area (Å²) in [7, 11) is -2.99. The van der Waals surface area contributed by atoms with Gasteiger partial charge in [-0.3, -0.25) is 4.90 Å². The normalized spacial score (nSPS) is 29.5.